The zero-order valence-electron chi connectivity index (χ0n) is 18.7. The first-order valence-electron chi connectivity index (χ1n) is 11.5. The maximum absolute atomic E-state index is 13.6. The van der Waals surface area contributed by atoms with E-state index in [9.17, 15) is 13.6 Å². The Labute approximate surface area is 198 Å². The summed E-state index contributed by atoms with van der Waals surface area (Å²) in [4.78, 5) is 25.2. The summed E-state index contributed by atoms with van der Waals surface area (Å²) in [6.07, 6.45) is 6.34. The van der Waals surface area contributed by atoms with Crippen LogP contribution in [0.5, 0.6) is 0 Å². The Kier molecular flexibility index (Phi) is 4.84. The summed E-state index contributed by atoms with van der Waals surface area (Å²) in [7, 11) is 1.86. The lowest BCUT2D eigenvalue weighted by atomic mass is 9.78. The van der Waals surface area contributed by atoms with Crippen molar-refractivity contribution in [3.63, 3.8) is 0 Å². The number of thiophene rings is 1. The number of carbonyl (C=O) groups is 1. The van der Waals surface area contributed by atoms with E-state index >= 15 is 0 Å². The van der Waals surface area contributed by atoms with E-state index < -0.39 is 5.92 Å². The number of pyridine rings is 2. The fourth-order valence-electron chi connectivity index (χ4n) is 4.85. The monoisotopic (exact) mass is 482 g/mol. The molecule has 4 aromatic heterocycles. The molecule has 1 aliphatic heterocycles. The zero-order chi connectivity index (χ0) is 23.6. The Morgan fingerprint density at radius 3 is 2.71 bits per heavy atom. The van der Waals surface area contributed by atoms with E-state index in [0.29, 0.717) is 27.0 Å². The highest BCUT2D eigenvalue weighted by atomic mass is 32.1. The van der Waals surface area contributed by atoms with Gasteiger partial charge in [0.2, 0.25) is 0 Å². The van der Waals surface area contributed by atoms with Crippen molar-refractivity contribution < 1.29 is 13.6 Å². The largest absolute Gasteiger partial charge is 0.397 e. The van der Waals surface area contributed by atoms with E-state index in [1.807, 2.05) is 19.3 Å². The van der Waals surface area contributed by atoms with Crippen LogP contribution >= 0.6 is 11.3 Å². The summed E-state index contributed by atoms with van der Waals surface area (Å²) in [5, 5.41) is 6.09. The van der Waals surface area contributed by atoms with Crippen molar-refractivity contribution in [2.45, 2.75) is 43.9 Å². The lowest BCUT2D eigenvalue weighted by molar-refractivity contribution is -0.0493. The number of carbonyl (C=O) groups excluding carboxylic acids is 1. The second-order valence-electron chi connectivity index (χ2n) is 9.34. The lowest BCUT2D eigenvalue weighted by Gasteiger charge is -2.31. The van der Waals surface area contributed by atoms with Gasteiger partial charge in [-0.2, -0.15) is 5.10 Å². The standard InChI is InChI=1S/C24H24F2N6OS/c1-31-12-15-9-14(11-28-21(15)30-31)17-10-16(13-3-2-4-13)18-19(27)20(34-22(18)29-17)23(33)32-7-5-24(25,26)6-8-32/h9-13H,2-8,27H2,1H3. The molecule has 1 saturated carbocycles. The number of anilines is 1. The predicted octanol–water partition coefficient (Wildman–Crippen LogP) is 4.97. The Balaban J connectivity index is 1.44. The molecular formula is C24H24F2N6OS. The van der Waals surface area contributed by atoms with Gasteiger partial charge in [0.1, 0.15) is 9.71 Å². The molecule has 0 atom stereocenters. The van der Waals surface area contributed by atoms with Gasteiger partial charge in [-0.3, -0.25) is 9.48 Å². The fraction of sp³-hybridized carbons (Fsp3) is 0.417. The molecule has 1 saturated heterocycles. The summed E-state index contributed by atoms with van der Waals surface area (Å²) in [6.45, 7) is 0.0644. The predicted molar refractivity (Wildman–Crippen MR) is 128 cm³/mol. The van der Waals surface area contributed by atoms with Crippen LogP contribution < -0.4 is 5.73 Å². The number of amides is 1. The average molecular weight is 483 g/mol. The molecule has 2 N–H and O–H groups in total. The van der Waals surface area contributed by atoms with E-state index in [4.69, 9.17) is 10.7 Å². The number of fused-ring (bicyclic) bond motifs is 2. The molecule has 34 heavy (non-hydrogen) atoms. The van der Waals surface area contributed by atoms with E-state index in [0.717, 1.165) is 46.9 Å². The molecular weight excluding hydrogens is 458 g/mol. The number of aromatic nitrogens is 4. The van der Waals surface area contributed by atoms with Gasteiger partial charge in [0.15, 0.2) is 5.65 Å². The number of rotatable bonds is 3. The number of piperidine rings is 1. The van der Waals surface area contributed by atoms with Crippen molar-refractivity contribution in [3.05, 3.63) is 35.0 Å². The van der Waals surface area contributed by atoms with E-state index in [1.165, 1.54) is 16.2 Å². The van der Waals surface area contributed by atoms with Crippen molar-refractivity contribution in [2.75, 3.05) is 18.8 Å². The summed E-state index contributed by atoms with van der Waals surface area (Å²) in [5.41, 5.74) is 10.4. The maximum Gasteiger partial charge on any atom is 0.266 e. The number of likely N-dealkylation sites (tertiary alicyclic amines) is 1. The highest BCUT2D eigenvalue weighted by Gasteiger charge is 2.37. The Morgan fingerprint density at radius 1 is 1.24 bits per heavy atom. The van der Waals surface area contributed by atoms with Gasteiger partial charge in [0.25, 0.3) is 11.8 Å². The van der Waals surface area contributed by atoms with Crippen molar-refractivity contribution in [2.24, 2.45) is 7.05 Å². The van der Waals surface area contributed by atoms with E-state index in [2.05, 4.69) is 16.1 Å². The van der Waals surface area contributed by atoms with Gasteiger partial charge in [-0.25, -0.2) is 18.7 Å². The van der Waals surface area contributed by atoms with Gasteiger partial charge in [0, 0.05) is 61.7 Å². The molecule has 7 nitrogen and oxygen atoms in total. The number of nitrogens with zero attached hydrogens (tertiary/aromatic N) is 5. The molecule has 4 aromatic rings. The molecule has 0 spiro atoms. The van der Waals surface area contributed by atoms with Gasteiger partial charge in [0.05, 0.1) is 11.4 Å². The molecule has 10 heteroatoms. The molecule has 2 aliphatic rings. The lowest BCUT2D eigenvalue weighted by Crippen LogP contribution is -2.42. The summed E-state index contributed by atoms with van der Waals surface area (Å²) in [5.74, 6) is -2.62. The van der Waals surface area contributed by atoms with Crippen LogP contribution in [0.1, 0.15) is 53.3 Å². The van der Waals surface area contributed by atoms with Gasteiger partial charge < -0.3 is 10.6 Å². The summed E-state index contributed by atoms with van der Waals surface area (Å²) in [6, 6.07) is 4.09. The average Bonchev–Trinajstić information content (AvgIpc) is 3.30. The molecule has 0 aromatic carbocycles. The Bertz CT molecular complexity index is 1430. The summed E-state index contributed by atoms with van der Waals surface area (Å²) < 4.78 is 28.9. The SMILES string of the molecule is Cn1cc2cc(-c3cc(C4CCC4)c4c(N)c(C(=O)N5CCC(F)(F)CC5)sc4n3)cnc2n1. The van der Waals surface area contributed by atoms with Crippen LogP contribution in [0, 0.1) is 0 Å². The van der Waals surface area contributed by atoms with Gasteiger partial charge in [-0.1, -0.05) is 6.42 Å². The topological polar surface area (TPSA) is 89.9 Å². The number of nitrogens with two attached hydrogens (primary N) is 1. The van der Waals surface area contributed by atoms with E-state index in [-0.39, 0.29) is 31.8 Å². The Morgan fingerprint density at radius 2 is 2.00 bits per heavy atom. The van der Waals surface area contributed by atoms with Crippen LogP contribution in [0.2, 0.25) is 0 Å². The van der Waals surface area contributed by atoms with Crippen LogP contribution in [-0.4, -0.2) is 49.6 Å². The normalized spacial score (nSPS) is 18.5. The highest BCUT2D eigenvalue weighted by Crippen LogP contribution is 2.46. The molecule has 1 aliphatic carbocycles. The first kappa shape index (κ1) is 21.4. The zero-order valence-corrected chi connectivity index (χ0v) is 19.5. The van der Waals surface area contributed by atoms with Crippen molar-refractivity contribution in [1.82, 2.24) is 24.6 Å². The molecule has 2 fully saturated rings. The molecule has 0 bridgehead atoms. The Hall–Kier alpha value is -3.14. The number of nitrogen functional groups attached to an aromatic ring is 1. The van der Waals surface area contributed by atoms with Gasteiger partial charge >= 0.3 is 0 Å². The minimum Gasteiger partial charge on any atom is -0.397 e. The molecule has 6 rings (SSSR count). The van der Waals surface area contributed by atoms with Crippen molar-refractivity contribution in [3.8, 4) is 11.3 Å². The number of aryl methyl sites for hydroxylation is 1. The van der Waals surface area contributed by atoms with Crippen LogP contribution in [-0.2, 0) is 7.05 Å². The van der Waals surface area contributed by atoms with Crippen LogP contribution in [0.15, 0.2) is 24.5 Å². The minimum absolute atomic E-state index is 0.0322. The van der Waals surface area contributed by atoms with Crippen LogP contribution in [0.25, 0.3) is 32.5 Å². The maximum atomic E-state index is 13.6. The number of hydrogen-bond acceptors (Lipinski definition) is 6. The third kappa shape index (κ3) is 3.51. The second kappa shape index (κ2) is 7.69. The van der Waals surface area contributed by atoms with Gasteiger partial charge in [-0.15, -0.1) is 11.3 Å². The molecule has 1 amide bonds. The minimum atomic E-state index is -2.71. The molecule has 0 unspecified atom stereocenters. The fourth-order valence-corrected chi connectivity index (χ4v) is 5.95. The number of hydrogen-bond donors (Lipinski definition) is 1. The third-order valence-corrected chi connectivity index (χ3v) is 8.11. The van der Waals surface area contributed by atoms with E-state index in [1.54, 1.807) is 10.9 Å². The third-order valence-electron chi connectivity index (χ3n) is 7.02. The second-order valence-corrected chi connectivity index (χ2v) is 10.3. The van der Waals surface area contributed by atoms with Crippen molar-refractivity contribution in [1.29, 1.82) is 0 Å². The number of alkyl halides is 2. The first-order valence-corrected chi connectivity index (χ1v) is 12.3. The number of halogens is 2. The molecule has 176 valence electrons. The van der Waals surface area contributed by atoms with Crippen molar-refractivity contribution >= 4 is 44.2 Å². The van der Waals surface area contributed by atoms with Crippen LogP contribution in [0.4, 0.5) is 14.5 Å². The molecule has 0 radical (unpaired) electrons. The van der Waals surface area contributed by atoms with Crippen LogP contribution in [0.3, 0.4) is 0 Å². The van der Waals surface area contributed by atoms with Gasteiger partial charge in [-0.05, 0) is 36.5 Å². The summed E-state index contributed by atoms with van der Waals surface area (Å²) >= 11 is 1.26. The quantitative estimate of drug-likeness (QED) is 0.446. The highest BCUT2D eigenvalue weighted by molar-refractivity contribution is 7.21. The smallest absolute Gasteiger partial charge is 0.266 e. The molecule has 5 heterocycles. The first-order chi connectivity index (χ1) is 16.3.